The summed E-state index contributed by atoms with van der Waals surface area (Å²) in [5, 5.41) is 2.48. The Balaban J connectivity index is 2.87. The van der Waals surface area contributed by atoms with Gasteiger partial charge in [-0.15, -0.1) is 0 Å². The maximum absolute atomic E-state index is 6.26. The molecule has 0 aliphatic heterocycles. The predicted molar refractivity (Wildman–Crippen MR) is 83.8 cm³/mol. The van der Waals surface area contributed by atoms with E-state index in [1.807, 2.05) is 37.3 Å². The summed E-state index contributed by atoms with van der Waals surface area (Å²) < 4.78 is 0. The molecule has 0 fully saturated rings. The molecule has 0 atom stereocenters. The maximum atomic E-state index is 6.26. The lowest BCUT2D eigenvalue weighted by atomic mass is 10.1. The SMILES string of the molecule is C=c1cccc/c1=C(/N=CC)c1cc(N)ccc1Cl. The first-order chi connectivity index (χ1) is 9.13. The van der Waals surface area contributed by atoms with Gasteiger partial charge in [0.25, 0.3) is 0 Å². The van der Waals surface area contributed by atoms with Crippen LogP contribution in [-0.4, -0.2) is 6.21 Å². The summed E-state index contributed by atoms with van der Waals surface area (Å²) in [7, 11) is 0. The Bertz CT molecular complexity index is 733. The smallest absolute Gasteiger partial charge is 0.0791 e. The molecule has 96 valence electrons. The summed E-state index contributed by atoms with van der Waals surface area (Å²) in [5.74, 6) is 0. The molecule has 0 saturated carbocycles. The number of hydrogen-bond donors (Lipinski definition) is 1. The fourth-order valence-corrected chi connectivity index (χ4v) is 2.10. The van der Waals surface area contributed by atoms with E-state index in [9.17, 15) is 0 Å². The van der Waals surface area contributed by atoms with Crippen molar-refractivity contribution in [3.05, 3.63) is 63.5 Å². The van der Waals surface area contributed by atoms with E-state index in [-0.39, 0.29) is 0 Å². The van der Waals surface area contributed by atoms with Crippen LogP contribution < -0.4 is 16.2 Å². The predicted octanol–water partition coefficient (Wildman–Crippen LogP) is 2.58. The lowest BCUT2D eigenvalue weighted by Crippen LogP contribution is -2.25. The Hall–Kier alpha value is -2.06. The molecule has 3 heteroatoms. The molecule has 2 aromatic carbocycles. The van der Waals surface area contributed by atoms with Gasteiger partial charge >= 0.3 is 0 Å². The monoisotopic (exact) mass is 270 g/mol. The van der Waals surface area contributed by atoms with Crippen LogP contribution >= 0.6 is 11.6 Å². The molecule has 0 radical (unpaired) electrons. The number of anilines is 1. The van der Waals surface area contributed by atoms with Crippen molar-refractivity contribution >= 4 is 35.8 Å². The second kappa shape index (κ2) is 5.72. The lowest BCUT2D eigenvalue weighted by molar-refractivity contribution is 1.41. The van der Waals surface area contributed by atoms with E-state index in [1.165, 1.54) is 0 Å². The third kappa shape index (κ3) is 2.85. The van der Waals surface area contributed by atoms with Gasteiger partial charge in [0.15, 0.2) is 0 Å². The van der Waals surface area contributed by atoms with Crippen molar-refractivity contribution in [2.75, 3.05) is 5.73 Å². The molecule has 2 nitrogen and oxygen atoms in total. The Kier molecular flexibility index (Phi) is 4.03. The topological polar surface area (TPSA) is 38.4 Å². The minimum Gasteiger partial charge on any atom is -0.399 e. The van der Waals surface area contributed by atoms with Crippen molar-refractivity contribution in [1.29, 1.82) is 0 Å². The summed E-state index contributed by atoms with van der Waals surface area (Å²) in [4.78, 5) is 4.44. The molecule has 0 saturated heterocycles. The van der Waals surface area contributed by atoms with Crippen molar-refractivity contribution in [2.24, 2.45) is 4.99 Å². The zero-order valence-electron chi connectivity index (χ0n) is 10.7. The van der Waals surface area contributed by atoms with Crippen molar-refractivity contribution in [3.8, 4) is 0 Å². The Morgan fingerprint density at radius 1 is 1.26 bits per heavy atom. The minimum atomic E-state index is 0.623. The minimum absolute atomic E-state index is 0.623. The highest BCUT2D eigenvalue weighted by Gasteiger charge is 2.07. The van der Waals surface area contributed by atoms with Crippen molar-refractivity contribution in [1.82, 2.24) is 0 Å². The standard InChI is InChI=1S/C16H15ClN2/c1-3-19-16(13-7-5-4-6-11(13)2)14-10-12(18)8-9-15(14)17/h3-10H,2,18H2,1H3/b16-13-,19-3?. The molecule has 2 rings (SSSR count). The van der Waals surface area contributed by atoms with E-state index in [0.29, 0.717) is 10.7 Å². The molecule has 0 unspecified atom stereocenters. The molecule has 2 aromatic rings. The zero-order chi connectivity index (χ0) is 13.8. The van der Waals surface area contributed by atoms with E-state index < -0.39 is 0 Å². The first-order valence-corrected chi connectivity index (χ1v) is 6.33. The summed E-state index contributed by atoms with van der Waals surface area (Å²) in [6.45, 7) is 5.90. The molecule has 0 aliphatic carbocycles. The van der Waals surface area contributed by atoms with Crippen LogP contribution in [0.3, 0.4) is 0 Å². The van der Waals surface area contributed by atoms with Crippen molar-refractivity contribution < 1.29 is 0 Å². The van der Waals surface area contributed by atoms with Gasteiger partial charge in [-0.1, -0.05) is 42.4 Å². The molecule has 0 heterocycles. The highest BCUT2D eigenvalue weighted by atomic mass is 35.5. The Morgan fingerprint density at radius 3 is 2.68 bits per heavy atom. The molecule has 19 heavy (non-hydrogen) atoms. The second-order valence-electron chi connectivity index (χ2n) is 4.13. The van der Waals surface area contributed by atoms with Gasteiger partial charge in [-0.3, -0.25) is 4.99 Å². The third-order valence-corrected chi connectivity index (χ3v) is 3.11. The largest absolute Gasteiger partial charge is 0.399 e. The lowest BCUT2D eigenvalue weighted by Gasteiger charge is -2.07. The average molecular weight is 271 g/mol. The molecular weight excluding hydrogens is 256 g/mol. The molecule has 0 spiro atoms. The Morgan fingerprint density at radius 2 is 2.00 bits per heavy atom. The molecule has 0 amide bonds. The summed E-state index contributed by atoms with van der Waals surface area (Å²) in [6.07, 6.45) is 1.74. The molecular formula is C16H15ClN2. The van der Waals surface area contributed by atoms with Gasteiger partial charge in [0.1, 0.15) is 0 Å². The van der Waals surface area contributed by atoms with Crippen LogP contribution in [0.25, 0.3) is 12.3 Å². The van der Waals surface area contributed by atoms with E-state index in [4.69, 9.17) is 17.3 Å². The number of hydrogen-bond acceptors (Lipinski definition) is 2. The van der Waals surface area contributed by atoms with E-state index in [1.54, 1.807) is 18.3 Å². The van der Waals surface area contributed by atoms with Crippen LogP contribution in [0, 0.1) is 0 Å². The first kappa shape index (κ1) is 13.4. The quantitative estimate of drug-likeness (QED) is 0.661. The van der Waals surface area contributed by atoms with E-state index >= 15 is 0 Å². The number of aliphatic imine (C=N–C) groups is 1. The summed E-state index contributed by atoms with van der Waals surface area (Å²) in [5.41, 5.74) is 8.09. The van der Waals surface area contributed by atoms with E-state index in [2.05, 4.69) is 11.6 Å². The third-order valence-electron chi connectivity index (χ3n) is 2.78. The first-order valence-electron chi connectivity index (χ1n) is 5.96. The van der Waals surface area contributed by atoms with Crippen LogP contribution in [0.5, 0.6) is 0 Å². The number of rotatable bonds is 2. The molecule has 0 bridgehead atoms. The van der Waals surface area contributed by atoms with E-state index in [0.717, 1.165) is 21.7 Å². The summed E-state index contributed by atoms with van der Waals surface area (Å²) in [6, 6.07) is 13.2. The number of nitrogens with two attached hydrogens (primary N) is 1. The maximum Gasteiger partial charge on any atom is 0.0791 e. The van der Waals surface area contributed by atoms with Crippen molar-refractivity contribution in [3.63, 3.8) is 0 Å². The number of nitrogen functional groups attached to an aromatic ring is 1. The second-order valence-corrected chi connectivity index (χ2v) is 4.54. The van der Waals surface area contributed by atoms with Crippen LogP contribution in [0.4, 0.5) is 5.69 Å². The van der Waals surface area contributed by atoms with Gasteiger partial charge in [-0.2, -0.15) is 0 Å². The molecule has 0 aromatic heterocycles. The Labute approximate surface area is 117 Å². The van der Waals surface area contributed by atoms with Crippen LogP contribution in [-0.2, 0) is 0 Å². The fourth-order valence-electron chi connectivity index (χ4n) is 1.89. The number of benzene rings is 2. The van der Waals surface area contributed by atoms with Gasteiger partial charge in [-0.25, -0.2) is 0 Å². The number of nitrogens with zero attached hydrogens (tertiary/aromatic N) is 1. The fraction of sp³-hybridized carbons (Fsp3) is 0.0625. The van der Waals surface area contributed by atoms with Gasteiger partial charge in [-0.05, 0) is 30.3 Å². The van der Waals surface area contributed by atoms with Crippen LogP contribution in [0.1, 0.15) is 12.5 Å². The normalized spacial score (nSPS) is 12.7. The zero-order valence-corrected chi connectivity index (χ0v) is 11.5. The highest BCUT2D eigenvalue weighted by molar-refractivity contribution is 6.32. The number of halogens is 1. The summed E-state index contributed by atoms with van der Waals surface area (Å²) >= 11 is 6.26. The van der Waals surface area contributed by atoms with Gasteiger partial charge in [0.2, 0.25) is 0 Å². The van der Waals surface area contributed by atoms with Gasteiger partial charge in [0, 0.05) is 22.7 Å². The highest BCUT2D eigenvalue weighted by Crippen LogP contribution is 2.25. The van der Waals surface area contributed by atoms with Gasteiger partial charge < -0.3 is 5.73 Å². The molecule has 0 aliphatic rings. The van der Waals surface area contributed by atoms with Crippen LogP contribution in [0.2, 0.25) is 5.02 Å². The van der Waals surface area contributed by atoms with Crippen LogP contribution in [0.15, 0.2) is 47.5 Å². The van der Waals surface area contributed by atoms with Crippen molar-refractivity contribution in [2.45, 2.75) is 6.92 Å². The van der Waals surface area contributed by atoms with Gasteiger partial charge in [0.05, 0.1) is 10.7 Å². The average Bonchev–Trinajstić information content (AvgIpc) is 2.40. The molecule has 2 N–H and O–H groups in total.